The third-order valence-electron chi connectivity index (χ3n) is 7.81. The molecule has 0 aliphatic carbocycles. The largest absolute Gasteiger partial charge is 0.481 e. The Hall–Kier alpha value is -0.530. The number of aliphatic carboxylic acids is 1. The number of rotatable bonds is 27. The predicted molar refractivity (Wildman–Crippen MR) is 152 cm³/mol. The Bertz CT molecular complexity index is 417. The van der Waals surface area contributed by atoms with E-state index in [4.69, 9.17) is 0 Å². The van der Waals surface area contributed by atoms with Crippen LogP contribution in [-0.2, 0) is 4.79 Å². The summed E-state index contributed by atoms with van der Waals surface area (Å²) in [7, 11) is 0. The fourth-order valence-corrected chi connectivity index (χ4v) is 5.31. The third-order valence-corrected chi connectivity index (χ3v) is 7.81. The minimum absolute atomic E-state index is 0.131. The van der Waals surface area contributed by atoms with Crippen LogP contribution in [0.3, 0.4) is 0 Å². The number of carboxylic acid groups (broad SMARTS) is 1. The highest BCUT2D eigenvalue weighted by Crippen LogP contribution is 2.25. The lowest BCUT2D eigenvalue weighted by atomic mass is 9.85. The molecule has 0 aromatic rings. The first-order valence-corrected chi connectivity index (χ1v) is 15.7. The van der Waals surface area contributed by atoms with Gasteiger partial charge < -0.3 is 5.11 Å². The Morgan fingerprint density at radius 3 is 1.18 bits per heavy atom. The van der Waals surface area contributed by atoms with Crippen molar-refractivity contribution >= 4 is 5.97 Å². The molecular formula is C32H64O2. The molecule has 204 valence electrons. The van der Waals surface area contributed by atoms with Crippen molar-refractivity contribution in [2.75, 3.05) is 0 Å². The molecule has 2 atom stereocenters. The van der Waals surface area contributed by atoms with E-state index in [1.165, 1.54) is 135 Å². The van der Waals surface area contributed by atoms with E-state index in [1.807, 2.05) is 0 Å². The second-order valence-corrected chi connectivity index (χ2v) is 11.8. The Morgan fingerprint density at radius 2 is 0.824 bits per heavy atom. The summed E-state index contributed by atoms with van der Waals surface area (Å²) in [4.78, 5) is 11.8. The van der Waals surface area contributed by atoms with Gasteiger partial charge in [0.05, 0.1) is 5.92 Å². The average Bonchev–Trinajstić information content (AvgIpc) is 2.80. The van der Waals surface area contributed by atoms with Crippen LogP contribution >= 0.6 is 0 Å². The average molecular weight is 481 g/mol. The minimum atomic E-state index is -0.562. The molecule has 0 fully saturated rings. The summed E-state index contributed by atoms with van der Waals surface area (Å²) in [6, 6.07) is 0. The zero-order valence-electron chi connectivity index (χ0n) is 24.1. The van der Waals surface area contributed by atoms with Gasteiger partial charge in [-0.15, -0.1) is 0 Å². The van der Waals surface area contributed by atoms with Gasteiger partial charge in [-0.05, 0) is 24.7 Å². The molecule has 2 unspecified atom stereocenters. The van der Waals surface area contributed by atoms with Gasteiger partial charge in [-0.1, -0.05) is 169 Å². The topological polar surface area (TPSA) is 37.3 Å². The number of carboxylic acids is 1. The van der Waals surface area contributed by atoms with Crippen molar-refractivity contribution in [3.63, 3.8) is 0 Å². The van der Waals surface area contributed by atoms with E-state index >= 15 is 0 Å². The predicted octanol–water partition coefficient (Wildman–Crippen LogP) is 11.4. The lowest BCUT2D eigenvalue weighted by molar-refractivity contribution is -0.143. The van der Waals surface area contributed by atoms with E-state index in [-0.39, 0.29) is 5.92 Å². The van der Waals surface area contributed by atoms with Crippen molar-refractivity contribution in [3.05, 3.63) is 0 Å². The summed E-state index contributed by atoms with van der Waals surface area (Å²) in [6.45, 7) is 9.09. The Morgan fingerprint density at radius 1 is 0.500 bits per heavy atom. The number of hydrogen-bond donors (Lipinski definition) is 1. The number of carbonyl (C=O) groups is 1. The van der Waals surface area contributed by atoms with Crippen LogP contribution in [0.15, 0.2) is 0 Å². The molecule has 0 aliphatic rings. The summed E-state index contributed by atoms with van der Waals surface area (Å²) in [5.74, 6) is 0.481. The van der Waals surface area contributed by atoms with Crippen LogP contribution in [0.5, 0.6) is 0 Å². The zero-order valence-corrected chi connectivity index (χ0v) is 24.1. The van der Waals surface area contributed by atoms with Crippen molar-refractivity contribution < 1.29 is 9.90 Å². The molecule has 2 nitrogen and oxygen atoms in total. The van der Waals surface area contributed by atoms with E-state index in [0.717, 1.165) is 25.2 Å². The molecule has 0 radical (unpaired) electrons. The molecule has 0 amide bonds. The molecule has 0 saturated heterocycles. The van der Waals surface area contributed by atoms with Gasteiger partial charge in [-0.2, -0.15) is 0 Å². The lowest BCUT2D eigenvalue weighted by Gasteiger charge is -2.20. The Kier molecular flexibility index (Phi) is 25.2. The van der Waals surface area contributed by atoms with E-state index in [2.05, 4.69) is 27.7 Å². The quantitative estimate of drug-likeness (QED) is 0.119. The maximum atomic E-state index is 11.8. The van der Waals surface area contributed by atoms with E-state index in [0.29, 0.717) is 5.92 Å². The fraction of sp³-hybridized carbons (Fsp3) is 0.969. The first-order valence-electron chi connectivity index (χ1n) is 15.7. The van der Waals surface area contributed by atoms with Gasteiger partial charge in [0.1, 0.15) is 0 Å². The van der Waals surface area contributed by atoms with Gasteiger partial charge in [0, 0.05) is 0 Å². The molecule has 0 aliphatic heterocycles. The van der Waals surface area contributed by atoms with Gasteiger partial charge in [0.15, 0.2) is 0 Å². The molecule has 0 spiro atoms. The van der Waals surface area contributed by atoms with Crippen molar-refractivity contribution in [1.29, 1.82) is 0 Å². The van der Waals surface area contributed by atoms with Crippen LogP contribution in [0.1, 0.15) is 182 Å². The molecule has 0 rings (SSSR count). The highest BCUT2D eigenvalue weighted by Gasteiger charge is 2.23. The zero-order chi connectivity index (χ0) is 25.3. The molecular weight excluding hydrogens is 416 g/mol. The van der Waals surface area contributed by atoms with Crippen molar-refractivity contribution in [2.24, 2.45) is 17.8 Å². The smallest absolute Gasteiger partial charge is 0.306 e. The Labute approximate surface area is 215 Å². The Balaban J connectivity index is 3.59. The first kappa shape index (κ1) is 33.5. The number of hydrogen-bond acceptors (Lipinski definition) is 1. The highest BCUT2D eigenvalue weighted by atomic mass is 16.4. The summed E-state index contributed by atoms with van der Waals surface area (Å²) in [6.07, 6.45) is 31.6. The van der Waals surface area contributed by atoms with Gasteiger partial charge in [-0.25, -0.2) is 0 Å². The summed E-state index contributed by atoms with van der Waals surface area (Å²) < 4.78 is 0. The summed E-state index contributed by atoms with van der Waals surface area (Å²) in [5.41, 5.74) is 0. The SMILES string of the molecule is CCCCCCCCCCCCCCC(C)C(CCCCCCCCCCCC(C)C)C(=O)O. The van der Waals surface area contributed by atoms with E-state index < -0.39 is 5.97 Å². The van der Waals surface area contributed by atoms with Crippen molar-refractivity contribution in [3.8, 4) is 0 Å². The molecule has 0 bridgehead atoms. The van der Waals surface area contributed by atoms with Crippen LogP contribution in [0.25, 0.3) is 0 Å². The molecule has 2 heteroatoms. The van der Waals surface area contributed by atoms with Crippen LogP contribution in [0.4, 0.5) is 0 Å². The van der Waals surface area contributed by atoms with E-state index in [9.17, 15) is 9.90 Å². The van der Waals surface area contributed by atoms with Crippen LogP contribution in [-0.4, -0.2) is 11.1 Å². The summed E-state index contributed by atoms with van der Waals surface area (Å²) in [5, 5.41) is 9.71. The van der Waals surface area contributed by atoms with Gasteiger partial charge in [-0.3, -0.25) is 4.79 Å². The monoisotopic (exact) mass is 480 g/mol. The van der Waals surface area contributed by atoms with Crippen LogP contribution < -0.4 is 0 Å². The third kappa shape index (κ3) is 23.2. The molecule has 34 heavy (non-hydrogen) atoms. The first-order chi connectivity index (χ1) is 16.5. The minimum Gasteiger partial charge on any atom is -0.481 e. The molecule has 1 N–H and O–H groups in total. The molecule has 0 heterocycles. The second-order valence-electron chi connectivity index (χ2n) is 11.8. The molecule has 0 saturated carbocycles. The van der Waals surface area contributed by atoms with Crippen molar-refractivity contribution in [1.82, 2.24) is 0 Å². The normalized spacial score (nSPS) is 13.4. The lowest BCUT2D eigenvalue weighted by Crippen LogP contribution is -2.21. The maximum absolute atomic E-state index is 11.8. The van der Waals surface area contributed by atoms with Crippen LogP contribution in [0.2, 0.25) is 0 Å². The van der Waals surface area contributed by atoms with Gasteiger partial charge in [0.2, 0.25) is 0 Å². The van der Waals surface area contributed by atoms with Crippen LogP contribution in [0, 0.1) is 17.8 Å². The molecule has 0 aromatic heterocycles. The van der Waals surface area contributed by atoms with E-state index in [1.54, 1.807) is 0 Å². The van der Waals surface area contributed by atoms with Crippen molar-refractivity contribution in [2.45, 2.75) is 182 Å². The van der Waals surface area contributed by atoms with Gasteiger partial charge >= 0.3 is 5.97 Å². The number of unbranched alkanes of at least 4 members (excludes halogenated alkanes) is 19. The maximum Gasteiger partial charge on any atom is 0.306 e. The van der Waals surface area contributed by atoms with Gasteiger partial charge in [0.25, 0.3) is 0 Å². The fourth-order valence-electron chi connectivity index (χ4n) is 5.31. The molecule has 0 aromatic carbocycles. The summed E-state index contributed by atoms with van der Waals surface area (Å²) >= 11 is 0. The second kappa shape index (κ2) is 25.6. The highest BCUT2D eigenvalue weighted by molar-refractivity contribution is 5.70. The standard InChI is InChI=1S/C32H64O2/c1-5-6-7-8-9-10-11-12-15-18-21-24-27-30(4)31(32(33)34)28-25-22-19-16-13-14-17-20-23-26-29(2)3/h29-31H,5-28H2,1-4H3,(H,33,34).